The third kappa shape index (κ3) is 5.03. The molecule has 0 fully saturated rings. The fourth-order valence-electron chi connectivity index (χ4n) is 2.06. The number of rotatable bonds is 6. The van der Waals surface area contributed by atoms with Gasteiger partial charge in [-0.2, -0.15) is 18.3 Å². The largest absolute Gasteiger partial charge is 0.389 e. The molecule has 0 aliphatic heterocycles. The lowest BCUT2D eigenvalue weighted by Crippen LogP contribution is -2.32. The molecule has 0 saturated heterocycles. The highest BCUT2D eigenvalue weighted by molar-refractivity contribution is 6.30. The molecular formula is C12H19ClF3N3. The van der Waals surface area contributed by atoms with E-state index in [1.165, 1.54) is 0 Å². The van der Waals surface area contributed by atoms with Crippen molar-refractivity contribution in [3.8, 4) is 0 Å². The molecule has 1 N–H and O–H groups in total. The molecule has 1 atom stereocenters. The van der Waals surface area contributed by atoms with E-state index >= 15 is 0 Å². The van der Waals surface area contributed by atoms with E-state index in [-0.39, 0.29) is 12.5 Å². The molecule has 0 radical (unpaired) electrons. The van der Waals surface area contributed by atoms with Gasteiger partial charge in [-0.1, -0.05) is 18.5 Å². The third-order valence-corrected chi connectivity index (χ3v) is 3.46. The van der Waals surface area contributed by atoms with E-state index in [2.05, 4.69) is 10.4 Å². The molecule has 1 rings (SSSR count). The third-order valence-electron chi connectivity index (χ3n) is 2.99. The van der Waals surface area contributed by atoms with Crippen LogP contribution < -0.4 is 5.32 Å². The maximum atomic E-state index is 12.3. The molecule has 1 aromatic heterocycles. The van der Waals surface area contributed by atoms with Crippen LogP contribution in [0, 0.1) is 6.92 Å². The summed E-state index contributed by atoms with van der Waals surface area (Å²) in [7, 11) is 1.72. The molecule has 1 heterocycles. The SMILES string of the molecule is CCNC(CCC(F)(F)F)Cc1c(C)nn(C)c1Cl. The first-order chi connectivity index (χ1) is 8.74. The lowest BCUT2D eigenvalue weighted by Gasteiger charge is -2.18. The standard InChI is InChI=1S/C12H19ClF3N3/c1-4-17-9(5-6-12(14,15)16)7-10-8(2)18-19(3)11(10)13/h9,17H,4-7H2,1-3H3. The van der Waals surface area contributed by atoms with Crippen molar-refractivity contribution in [2.24, 2.45) is 7.05 Å². The summed E-state index contributed by atoms with van der Waals surface area (Å²) in [6.45, 7) is 4.31. The number of hydrogen-bond acceptors (Lipinski definition) is 2. The molecular weight excluding hydrogens is 279 g/mol. The number of likely N-dealkylation sites (N-methyl/N-ethyl adjacent to an activating group) is 1. The number of halogens is 4. The summed E-state index contributed by atoms with van der Waals surface area (Å²) in [5.74, 6) is 0. The van der Waals surface area contributed by atoms with E-state index in [0.717, 1.165) is 11.3 Å². The summed E-state index contributed by atoms with van der Waals surface area (Å²) in [5, 5.41) is 7.73. The minimum Gasteiger partial charge on any atom is -0.314 e. The van der Waals surface area contributed by atoms with Crippen molar-refractivity contribution in [1.82, 2.24) is 15.1 Å². The van der Waals surface area contributed by atoms with Gasteiger partial charge in [0.05, 0.1) is 5.69 Å². The Bertz CT molecular complexity index is 415. The van der Waals surface area contributed by atoms with E-state index in [1.807, 2.05) is 13.8 Å². The van der Waals surface area contributed by atoms with Gasteiger partial charge in [0.1, 0.15) is 5.15 Å². The molecule has 7 heteroatoms. The lowest BCUT2D eigenvalue weighted by molar-refractivity contribution is -0.136. The van der Waals surface area contributed by atoms with Crippen LogP contribution in [-0.2, 0) is 13.5 Å². The first kappa shape index (κ1) is 16.3. The highest BCUT2D eigenvalue weighted by Gasteiger charge is 2.28. The van der Waals surface area contributed by atoms with Gasteiger partial charge < -0.3 is 5.32 Å². The number of nitrogens with zero attached hydrogens (tertiary/aromatic N) is 2. The summed E-state index contributed by atoms with van der Waals surface area (Å²) < 4.78 is 38.4. The smallest absolute Gasteiger partial charge is 0.314 e. The van der Waals surface area contributed by atoms with Gasteiger partial charge in [-0.05, 0) is 26.3 Å². The Hall–Kier alpha value is -0.750. The lowest BCUT2D eigenvalue weighted by atomic mass is 10.0. The zero-order valence-electron chi connectivity index (χ0n) is 11.3. The van der Waals surface area contributed by atoms with Gasteiger partial charge in [0.25, 0.3) is 0 Å². The second-order valence-electron chi connectivity index (χ2n) is 4.59. The van der Waals surface area contributed by atoms with Crippen LogP contribution in [0.1, 0.15) is 31.0 Å². The molecule has 0 aromatic carbocycles. The molecule has 1 aromatic rings. The van der Waals surface area contributed by atoms with Crippen LogP contribution in [0.4, 0.5) is 13.2 Å². The van der Waals surface area contributed by atoms with Crippen LogP contribution in [0.3, 0.4) is 0 Å². The summed E-state index contributed by atoms with van der Waals surface area (Å²) >= 11 is 6.10. The fourth-order valence-corrected chi connectivity index (χ4v) is 2.31. The van der Waals surface area contributed by atoms with Gasteiger partial charge in [-0.3, -0.25) is 4.68 Å². The van der Waals surface area contributed by atoms with Crippen molar-refractivity contribution in [2.45, 2.75) is 45.3 Å². The van der Waals surface area contributed by atoms with Gasteiger partial charge >= 0.3 is 6.18 Å². The van der Waals surface area contributed by atoms with Crippen molar-refractivity contribution in [2.75, 3.05) is 6.54 Å². The Kier molecular flexibility index (Phi) is 5.67. The van der Waals surface area contributed by atoms with Crippen LogP contribution in [-0.4, -0.2) is 28.5 Å². The maximum Gasteiger partial charge on any atom is 0.389 e. The second kappa shape index (κ2) is 6.61. The van der Waals surface area contributed by atoms with Gasteiger partial charge in [0.2, 0.25) is 0 Å². The number of hydrogen-bond donors (Lipinski definition) is 1. The van der Waals surface area contributed by atoms with Gasteiger partial charge in [-0.15, -0.1) is 0 Å². The molecule has 0 saturated carbocycles. The monoisotopic (exact) mass is 297 g/mol. The van der Waals surface area contributed by atoms with Crippen molar-refractivity contribution in [1.29, 1.82) is 0 Å². The first-order valence-corrected chi connectivity index (χ1v) is 6.60. The minimum absolute atomic E-state index is 0.0437. The first-order valence-electron chi connectivity index (χ1n) is 6.22. The number of aromatic nitrogens is 2. The molecule has 110 valence electrons. The van der Waals surface area contributed by atoms with Gasteiger partial charge in [0, 0.05) is 25.1 Å². The molecule has 0 spiro atoms. The molecule has 0 bridgehead atoms. The topological polar surface area (TPSA) is 29.9 Å². The Balaban J connectivity index is 2.72. The highest BCUT2D eigenvalue weighted by atomic mass is 35.5. The Morgan fingerprint density at radius 1 is 1.42 bits per heavy atom. The Morgan fingerprint density at radius 3 is 2.47 bits per heavy atom. The average molecular weight is 298 g/mol. The number of nitrogens with one attached hydrogen (secondary N) is 1. The molecule has 0 aliphatic carbocycles. The van der Waals surface area contributed by atoms with E-state index < -0.39 is 12.6 Å². The van der Waals surface area contributed by atoms with E-state index in [1.54, 1.807) is 11.7 Å². The average Bonchev–Trinajstić information content (AvgIpc) is 2.52. The van der Waals surface area contributed by atoms with Gasteiger partial charge in [-0.25, -0.2) is 0 Å². The summed E-state index contributed by atoms with van der Waals surface area (Å²) in [6.07, 6.45) is -4.41. The van der Waals surface area contributed by atoms with Crippen molar-refractivity contribution in [3.63, 3.8) is 0 Å². The molecule has 0 aliphatic rings. The number of alkyl halides is 3. The molecule has 1 unspecified atom stereocenters. The van der Waals surface area contributed by atoms with E-state index in [0.29, 0.717) is 18.1 Å². The van der Waals surface area contributed by atoms with Crippen LogP contribution in [0.5, 0.6) is 0 Å². The summed E-state index contributed by atoms with van der Waals surface area (Å²) in [4.78, 5) is 0. The van der Waals surface area contributed by atoms with Gasteiger partial charge in [0.15, 0.2) is 0 Å². The molecule has 3 nitrogen and oxygen atoms in total. The minimum atomic E-state index is -4.12. The number of aryl methyl sites for hydroxylation is 2. The molecule has 19 heavy (non-hydrogen) atoms. The fraction of sp³-hybridized carbons (Fsp3) is 0.750. The predicted octanol–water partition coefficient (Wildman–Crippen LogP) is 3.25. The molecule has 0 amide bonds. The summed E-state index contributed by atoms with van der Waals surface area (Å²) in [5.41, 5.74) is 1.58. The zero-order valence-corrected chi connectivity index (χ0v) is 12.1. The Labute approximate surface area is 116 Å². The van der Waals surface area contributed by atoms with Crippen molar-refractivity contribution < 1.29 is 13.2 Å². The zero-order chi connectivity index (χ0) is 14.6. The van der Waals surface area contributed by atoms with E-state index in [9.17, 15) is 13.2 Å². The van der Waals surface area contributed by atoms with Crippen LogP contribution in [0.2, 0.25) is 5.15 Å². The predicted molar refractivity (Wildman–Crippen MR) is 69.4 cm³/mol. The second-order valence-corrected chi connectivity index (χ2v) is 4.95. The maximum absolute atomic E-state index is 12.3. The van der Waals surface area contributed by atoms with E-state index in [4.69, 9.17) is 11.6 Å². The Morgan fingerprint density at radius 2 is 2.05 bits per heavy atom. The summed E-state index contributed by atoms with van der Waals surface area (Å²) in [6, 6.07) is -0.243. The van der Waals surface area contributed by atoms with Crippen LogP contribution in [0.15, 0.2) is 0 Å². The van der Waals surface area contributed by atoms with Crippen LogP contribution in [0.25, 0.3) is 0 Å². The van der Waals surface area contributed by atoms with Crippen molar-refractivity contribution in [3.05, 3.63) is 16.4 Å². The quantitative estimate of drug-likeness (QED) is 0.873. The highest BCUT2D eigenvalue weighted by Crippen LogP contribution is 2.25. The normalized spacial score (nSPS) is 13.8. The van der Waals surface area contributed by atoms with Crippen molar-refractivity contribution >= 4 is 11.6 Å². The van der Waals surface area contributed by atoms with Crippen LogP contribution >= 0.6 is 11.6 Å².